The van der Waals surface area contributed by atoms with Crippen molar-refractivity contribution in [2.24, 2.45) is 0 Å². The molecule has 0 spiro atoms. The Morgan fingerprint density at radius 2 is 1.94 bits per heavy atom. The van der Waals surface area contributed by atoms with Gasteiger partial charge in [-0.3, -0.25) is 4.79 Å². The van der Waals surface area contributed by atoms with Crippen molar-refractivity contribution >= 4 is 35.0 Å². The summed E-state index contributed by atoms with van der Waals surface area (Å²) in [7, 11) is 0. The molecule has 4 rings (SSSR count). The highest BCUT2D eigenvalue weighted by molar-refractivity contribution is 7.99. The van der Waals surface area contributed by atoms with Crippen LogP contribution in [0.15, 0.2) is 53.7 Å². The second-order valence-corrected chi connectivity index (χ2v) is 8.29. The second kappa shape index (κ2) is 10.0. The number of hydrogen-bond donors (Lipinski definition) is 0. The number of hydrogen-bond acceptors (Lipinski definition) is 7. The van der Waals surface area contributed by atoms with Crippen LogP contribution >= 0.6 is 23.4 Å². The zero-order valence-electron chi connectivity index (χ0n) is 17.1. The van der Waals surface area contributed by atoms with E-state index in [4.69, 9.17) is 16.3 Å². The molecule has 8 nitrogen and oxygen atoms in total. The summed E-state index contributed by atoms with van der Waals surface area (Å²) < 4.78 is 7.29. The van der Waals surface area contributed by atoms with Crippen LogP contribution in [0.2, 0.25) is 5.02 Å². The first-order valence-corrected chi connectivity index (χ1v) is 11.4. The molecule has 0 saturated carbocycles. The Balaban J connectivity index is 1.35. The summed E-state index contributed by atoms with van der Waals surface area (Å²) in [6.45, 7) is 5.36. The number of halogens is 1. The largest absolute Gasteiger partial charge is 0.492 e. The molecule has 0 atom stereocenters. The van der Waals surface area contributed by atoms with Gasteiger partial charge in [0.15, 0.2) is 0 Å². The van der Waals surface area contributed by atoms with Gasteiger partial charge in [0.1, 0.15) is 11.4 Å². The number of carbonyl (C=O) groups excluding carboxylic acids is 1. The van der Waals surface area contributed by atoms with Crippen LogP contribution in [0.25, 0.3) is 5.69 Å². The predicted octanol–water partition coefficient (Wildman–Crippen LogP) is 3.16. The topological polar surface area (TPSA) is 76.4 Å². The van der Waals surface area contributed by atoms with Gasteiger partial charge in [0.2, 0.25) is 11.1 Å². The van der Waals surface area contributed by atoms with Crippen LogP contribution < -0.4 is 9.64 Å². The standard InChI is InChI=1S/C21H23ClN6O2S/c1-2-30-19-9-4-3-8-18(19)28-21(23-24-25-28)31-15-20(29)27-12-10-26(11-13-27)17-7-5-6-16(22)14-17/h3-9,14H,2,10-13,15H2,1H3. The molecule has 0 unspecified atom stereocenters. The minimum Gasteiger partial charge on any atom is -0.492 e. The van der Waals surface area contributed by atoms with Crippen molar-refractivity contribution in [3.8, 4) is 11.4 Å². The maximum Gasteiger partial charge on any atom is 0.233 e. The van der Waals surface area contributed by atoms with E-state index < -0.39 is 0 Å². The summed E-state index contributed by atoms with van der Waals surface area (Å²) in [6, 6.07) is 15.4. The van der Waals surface area contributed by atoms with Gasteiger partial charge in [0, 0.05) is 36.9 Å². The van der Waals surface area contributed by atoms with Crippen molar-refractivity contribution in [2.45, 2.75) is 12.1 Å². The Kier molecular flexibility index (Phi) is 6.93. The normalized spacial score (nSPS) is 14.0. The quantitative estimate of drug-likeness (QED) is 0.503. The van der Waals surface area contributed by atoms with E-state index in [1.165, 1.54) is 11.8 Å². The molecule has 1 fully saturated rings. The van der Waals surface area contributed by atoms with E-state index in [1.807, 2.05) is 60.4 Å². The predicted molar refractivity (Wildman–Crippen MR) is 121 cm³/mol. The minimum atomic E-state index is 0.0726. The first kappa shape index (κ1) is 21.5. The third-order valence-corrected chi connectivity index (χ3v) is 6.10. The van der Waals surface area contributed by atoms with Crippen LogP contribution in [0, 0.1) is 0 Å². The number of piperazine rings is 1. The lowest BCUT2D eigenvalue weighted by Crippen LogP contribution is -2.49. The zero-order valence-corrected chi connectivity index (χ0v) is 18.7. The van der Waals surface area contributed by atoms with E-state index in [2.05, 4.69) is 20.4 Å². The first-order chi connectivity index (χ1) is 15.2. The van der Waals surface area contributed by atoms with Crippen LogP contribution in [-0.4, -0.2) is 69.6 Å². The van der Waals surface area contributed by atoms with Gasteiger partial charge in [0.05, 0.1) is 12.4 Å². The molecule has 0 bridgehead atoms. The fraction of sp³-hybridized carbons (Fsp3) is 0.333. The van der Waals surface area contributed by atoms with Crippen molar-refractivity contribution in [1.82, 2.24) is 25.1 Å². The number of benzene rings is 2. The molecule has 0 aliphatic carbocycles. The molecule has 10 heteroatoms. The van der Waals surface area contributed by atoms with Crippen LogP contribution in [0.3, 0.4) is 0 Å². The van der Waals surface area contributed by atoms with Gasteiger partial charge in [-0.25, -0.2) is 0 Å². The van der Waals surface area contributed by atoms with Crippen LogP contribution in [0.4, 0.5) is 5.69 Å². The summed E-state index contributed by atoms with van der Waals surface area (Å²) in [5.41, 5.74) is 1.83. The smallest absolute Gasteiger partial charge is 0.233 e. The molecule has 31 heavy (non-hydrogen) atoms. The number of rotatable bonds is 7. The van der Waals surface area contributed by atoms with E-state index in [9.17, 15) is 4.79 Å². The number of para-hydroxylation sites is 2. The molecule has 2 heterocycles. The number of aromatic nitrogens is 4. The third kappa shape index (κ3) is 5.11. The van der Waals surface area contributed by atoms with Crippen molar-refractivity contribution in [3.05, 3.63) is 53.6 Å². The molecule has 1 saturated heterocycles. The Morgan fingerprint density at radius 1 is 1.13 bits per heavy atom. The second-order valence-electron chi connectivity index (χ2n) is 6.91. The number of carbonyl (C=O) groups is 1. The SMILES string of the molecule is CCOc1ccccc1-n1nnnc1SCC(=O)N1CCN(c2cccc(Cl)c2)CC1. The summed E-state index contributed by atoms with van der Waals surface area (Å²) >= 11 is 7.42. The fourth-order valence-electron chi connectivity index (χ4n) is 3.43. The van der Waals surface area contributed by atoms with Gasteiger partial charge in [-0.05, 0) is 47.7 Å². The third-order valence-electron chi connectivity index (χ3n) is 4.96. The first-order valence-electron chi connectivity index (χ1n) is 10.1. The number of anilines is 1. The summed E-state index contributed by atoms with van der Waals surface area (Å²) in [6.07, 6.45) is 0. The molecular weight excluding hydrogens is 436 g/mol. The van der Waals surface area contributed by atoms with E-state index in [0.29, 0.717) is 30.6 Å². The Hall–Kier alpha value is -2.78. The molecule has 0 radical (unpaired) electrons. The van der Waals surface area contributed by atoms with Crippen molar-refractivity contribution < 1.29 is 9.53 Å². The lowest BCUT2D eigenvalue weighted by Gasteiger charge is -2.36. The van der Waals surface area contributed by atoms with Gasteiger partial charge in [-0.1, -0.05) is 41.6 Å². The van der Waals surface area contributed by atoms with E-state index >= 15 is 0 Å². The van der Waals surface area contributed by atoms with Gasteiger partial charge in [-0.15, -0.1) is 5.10 Å². The highest BCUT2D eigenvalue weighted by Crippen LogP contribution is 2.26. The summed E-state index contributed by atoms with van der Waals surface area (Å²) in [5, 5.41) is 13.2. The lowest BCUT2D eigenvalue weighted by molar-refractivity contribution is -0.128. The Labute approximate surface area is 190 Å². The van der Waals surface area contributed by atoms with Gasteiger partial charge >= 0.3 is 0 Å². The highest BCUT2D eigenvalue weighted by Gasteiger charge is 2.22. The Bertz CT molecular complexity index is 1040. The molecule has 162 valence electrons. The van der Waals surface area contributed by atoms with E-state index in [-0.39, 0.29) is 11.7 Å². The molecule has 1 aromatic heterocycles. The monoisotopic (exact) mass is 458 g/mol. The van der Waals surface area contributed by atoms with Crippen LogP contribution in [-0.2, 0) is 4.79 Å². The summed E-state index contributed by atoms with van der Waals surface area (Å²) in [5.74, 6) is 1.04. The molecule has 3 aromatic rings. The van der Waals surface area contributed by atoms with Crippen molar-refractivity contribution in [3.63, 3.8) is 0 Å². The maximum atomic E-state index is 12.8. The molecular formula is C21H23ClN6O2S. The number of thioether (sulfide) groups is 1. The van der Waals surface area contributed by atoms with Crippen molar-refractivity contribution in [2.75, 3.05) is 43.4 Å². The number of ether oxygens (including phenoxy) is 1. The number of nitrogens with zero attached hydrogens (tertiary/aromatic N) is 6. The molecule has 1 amide bonds. The average Bonchev–Trinajstić information content (AvgIpc) is 3.26. The summed E-state index contributed by atoms with van der Waals surface area (Å²) in [4.78, 5) is 16.9. The van der Waals surface area contributed by atoms with E-state index in [0.717, 1.165) is 29.5 Å². The lowest BCUT2D eigenvalue weighted by atomic mass is 10.2. The zero-order chi connectivity index (χ0) is 21.6. The molecule has 1 aliphatic heterocycles. The van der Waals surface area contributed by atoms with Crippen LogP contribution in [0.5, 0.6) is 5.75 Å². The highest BCUT2D eigenvalue weighted by atomic mass is 35.5. The van der Waals surface area contributed by atoms with E-state index in [1.54, 1.807) is 4.68 Å². The van der Waals surface area contributed by atoms with Gasteiger partial charge < -0.3 is 14.5 Å². The minimum absolute atomic E-state index is 0.0726. The van der Waals surface area contributed by atoms with Gasteiger partial charge in [0.25, 0.3) is 0 Å². The fourth-order valence-corrected chi connectivity index (χ4v) is 4.41. The molecule has 0 N–H and O–H groups in total. The Morgan fingerprint density at radius 3 is 2.71 bits per heavy atom. The number of amides is 1. The molecule has 1 aliphatic rings. The number of tetrazole rings is 1. The van der Waals surface area contributed by atoms with Crippen LogP contribution in [0.1, 0.15) is 6.92 Å². The van der Waals surface area contributed by atoms with Crippen molar-refractivity contribution in [1.29, 1.82) is 0 Å². The average molecular weight is 459 g/mol. The molecule has 2 aromatic carbocycles. The van der Waals surface area contributed by atoms with Gasteiger partial charge in [-0.2, -0.15) is 4.68 Å². The maximum absolute atomic E-state index is 12.8.